The Morgan fingerprint density at radius 1 is 1.00 bits per heavy atom. The molecular weight excluding hydrogens is 327 g/mol. The van der Waals surface area contributed by atoms with Crippen LogP contribution in [0.4, 0.5) is 13.2 Å². The first-order valence-electron chi connectivity index (χ1n) is 8.59. The Bertz CT molecular complexity index is 983. The van der Waals surface area contributed by atoms with Crippen LogP contribution in [0.25, 0.3) is 16.9 Å². The Morgan fingerprint density at radius 2 is 1.80 bits per heavy atom. The fraction of sp³-hybridized carbons (Fsp3) is 0.368. The first kappa shape index (κ1) is 14.9. The van der Waals surface area contributed by atoms with Crippen LogP contribution in [0, 0.1) is 0 Å². The minimum Gasteiger partial charge on any atom is -0.228 e. The van der Waals surface area contributed by atoms with Crippen LogP contribution in [0.2, 0.25) is 0 Å². The highest BCUT2D eigenvalue weighted by Gasteiger charge is 2.36. The van der Waals surface area contributed by atoms with Gasteiger partial charge in [0.05, 0.1) is 11.4 Å². The molecule has 2 aromatic heterocycles. The normalized spacial score (nSPS) is 17.2. The van der Waals surface area contributed by atoms with Crippen LogP contribution in [-0.4, -0.2) is 14.6 Å². The van der Waals surface area contributed by atoms with Crippen LogP contribution in [0.15, 0.2) is 30.3 Å². The van der Waals surface area contributed by atoms with Crippen LogP contribution in [0.1, 0.15) is 47.7 Å². The van der Waals surface area contributed by atoms with E-state index in [-0.39, 0.29) is 11.6 Å². The topological polar surface area (TPSA) is 30.2 Å². The van der Waals surface area contributed by atoms with Crippen LogP contribution < -0.4 is 0 Å². The Labute approximate surface area is 142 Å². The molecule has 6 heteroatoms. The van der Waals surface area contributed by atoms with Crippen molar-refractivity contribution in [3.63, 3.8) is 0 Å². The van der Waals surface area contributed by atoms with E-state index in [4.69, 9.17) is 0 Å². The lowest BCUT2D eigenvalue weighted by molar-refractivity contribution is -0.142. The van der Waals surface area contributed by atoms with E-state index in [1.165, 1.54) is 11.1 Å². The van der Waals surface area contributed by atoms with Gasteiger partial charge in [-0.15, -0.1) is 0 Å². The number of rotatable bonds is 2. The molecule has 1 aromatic carbocycles. The highest BCUT2D eigenvalue weighted by Crippen LogP contribution is 2.40. The van der Waals surface area contributed by atoms with Gasteiger partial charge in [-0.05, 0) is 55.4 Å². The Morgan fingerprint density at radius 3 is 2.56 bits per heavy atom. The van der Waals surface area contributed by atoms with Gasteiger partial charge < -0.3 is 0 Å². The second-order valence-corrected chi connectivity index (χ2v) is 6.97. The molecule has 0 bridgehead atoms. The molecule has 0 saturated heterocycles. The molecule has 25 heavy (non-hydrogen) atoms. The first-order chi connectivity index (χ1) is 12.0. The molecule has 2 aliphatic carbocycles. The SMILES string of the molecule is FC(F)(F)c1cc(-c2ccc3c(c2)CCC3)nc2cc(C3CC3)nn12. The van der Waals surface area contributed by atoms with E-state index in [1.54, 1.807) is 6.07 Å². The number of benzene rings is 1. The van der Waals surface area contributed by atoms with Crippen molar-refractivity contribution >= 4 is 5.65 Å². The van der Waals surface area contributed by atoms with Gasteiger partial charge in [-0.3, -0.25) is 0 Å². The lowest BCUT2D eigenvalue weighted by Gasteiger charge is -2.11. The van der Waals surface area contributed by atoms with Crippen molar-refractivity contribution in [3.8, 4) is 11.3 Å². The summed E-state index contributed by atoms with van der Waals surface area (Å²) in [5.41, 5.74) is 3.83. The summed E-state index contributed by atoms with van der Waals surface area (Å²) in [5, 5.41) is 4.17. The van der Waals surface area contributed by atoms with E-state index < -0.39 is 11.9 Å². The molecule has 5 rings (SSSR count). The summed E-state index contributed by atoms with van der Waals surface area (Å²) in [4.78, 5) is 4.48. The lowest BCUT2D eigenvalue weighted by atomic mass is 10.0. The number of halogens is 3. The number of alkyl halides is 3. The molecule has 1 saturated carbocycles. The minimum absolute atomic E-state index is 0.271. The summed E-state index contributed by atoms with van der Waals surface area (Å²) < 4.78 is 41.7. The second kappa shape index (κ2) is 5.07. The molecule has 2 aliphatic rings. The molecule has 0 atom stereocenters. The number of hydrogen-bond donors (Lipinski definition) is 0. The van der Waals surface area contributed by atoms with Gasteiger partial charge in [-0.25, -0.2) is 9.50 Å². The molecule has 0 radical (unpaired) electrons. The molecule has 3 aromatic rings. The molecule has 0 aliphatic heterocycles. The zero-order valence-electron chi connectivity index (χ0n) is 13.5. The fourth-order valence-electron chi connectivity index (χ4n) is 3.65. The smallest absolute Gasteiger partial charge is 0.228 e. The van der Waals surface area contributed by atoms with Crippen molar-refractivity contribution in [1.29, 1.82) is 0 Å². The zero-order valence-corrected chi connectivity index (χ0v) is 13.5. The average molecular weight is 343 g/mol. The van der Waals surface area contributed by atoms with Crippen molar-refractivity contribution in [1.82, 2.24) is 14.6 Å². The average Bonchev–Trinajstić information content (AvgIpc) is 3.16. The predicted octanol–water partition coefficient (Wildman–Crippen LogP) is 4.78. The summed E-state index contributed by atoms with van der Waals surface area (Å²) in [5.74, 6) is 0.284. The Balaban J connectivity index is 1.70. The van der Waals surface area contributed by atoms with Crippen LogP contribution in [-0.2, 0) is 19.0 Å². The Hall–Kier alpha value is -2.37. The van der Waals surface area contributed by atoms with E-state index in [9.17, 15) is 13.2 Å². The number of aromatic nitrogens is 3. The van der Waals surface area contributed by atoms with Crippen LogP contribution >= 0.6 is 0 Å². The van der Waals surface area contributed by atoms with Gasteiger partial charge in [0.25, 0.3) is 0 Å². The standard InChI is InChI=1S/C19H16F3N3/c20-19(21,22)17-9-15(14-7-4-11-2-1-3-13(11)8-14)23-18-10-16(12-5-6-12)24-25(17)18/h4,7-10,12H,1-3,5-6H2. The zero-order chi connectivity index (χ0) is 17.2. The molecule has 0 N–H and O–H groups in total. The van der Waals surface area contributed by atoms with Crippen LogP contribution in [0.5, 0.6) is 0 Å². The molecule has 0 amide bonds. The van der Waals surface area contributed by atoms with Gasteiger partial charge in [0, 0.05) is 17.5 Å². The van der Waals surface area contributed by atoms with Crippen molar-refractivity contribution in [2.24, 2.45) is 0 Å². The van der Waals surface area contributed by atoms with E-state index >= 15 is 0 Å². The second-order valence-electron chi connectivity index (χ2n) is 6.97. The summed E-state index contributed by atoms with van der Waals surface area (Å²) in [6.45, 7) is 0. The quantitative estimate of drug-likeness (QED) is 0.670. The van der Waals surface area contributed by atoms with Gasteiger partial charge in [0.2, 0.25) is 0 Å². The highest BCUT2D eigenvalue weighted by atomic mass is 19.4. The van der Waals surface area contributed by atoms with E-state index in [2.05, 4.69) is 10.1 Å². The maximum Gasteiger partial charge on any atom is 0.433 e. The Kier molecular flexibility index (Phi) is 3.03. The highest BCUT2D eigenvalue weighted by molar-refractivity contribution is 5.65. The van der Waals surface area contributed by atoms with Crippen molar-refractivity contribution in [3.05, 3.63) is 52.8 Å². The number of fused-ring (bicyclic) bond motifs is 2. The summed E-state index contributed by atoms with van der Waals surface area (Å²) in [6, 6.07) is 8.70. The van der Waals surface area contributed by atoms with Crippen molar-refractivity contribution < 1.29 is 13.2 Å². The maximum absolute atomic E-state index is 13.6. The largest absolute Gasteiger partial charge is 0.433 e. The van der Waals surface area contributed by atoms with Gasteiger partial charge in [-0.2, -0.15) is 18.3 Å². The van der Waals surface area contributed by atoms with Gasteiger partial charge >= 0.3 is 6.18 Å². The molecule has 1 fully saturated rings. The first-order valence-corrected chi connectivity index (χ1v) is 8.59. The molecule has 2 heterocycles. The number of nitrogens with zero attached hydrogens (tertiary/aromatic N) is 3. The van der Waals surface area contributed by atoms with Gasteiger partial charge in [0.1, 0.15) is 0 Å². The fourth-order valence-corrected chi connectivity index (χ4v) is 3.65. The molecule has 0 spiro atoms. The summed E-state index contributed by atoms with van der Waals surface area (Å²) >= 11 is 0. The molecular formula is C19H16F3N3. The lowest BCUT2D eigenvalue weighted by Crippen LogP contribution is -2.13. The van der Waals surface area contributed by atoms with E-state index in [0.29, 0.717) is 11.4 Å². The minimum atomic E-state index is -4.47. The maximum atomic E-state index is 13.6. The molecule has 3 nitrogen and oxygen atoms in total. The van der Waals surface area contributed by atoms with Crippen LogP contribution in [0.3, 0.4) is 0 Å². The summed E-state index contributed by atoms with van der Waals surface area (Å²) in [6.07, 6.45) is 0.636. The van der Waals surface area contributed by atoms with E-state index in [0.717, 1.165) is 48.2 Å². The third kappa shape index (κ3) is 2.51. The van der Waals surface area contributed by atoms with Gasteiger partial charge in [0.15, 0.2) is 11.3 Å². The predicted molar refractivity (Wildman–Crippen MR) is 87.4 cm³/mol. The van der Waals surface area contributed by atoms with Crippen molar-refractivity contribution in [2.45, 2.75) is 44.2 Å². The van der Waals surface area contributed by atoms with Crippen molar-refractivity contribution in [2.75, 3.05) is 0 Å². The number of hydrogen-bond acceptors (Lipinski definition) is 2. The third-order valence-electron chi connectivity index (χ3n) is 5.13. The van der Waals surface area contributed by atoms with Gasteiger partial charge in [-0.1, -0.05) is 12.1 Å². The number of aryl methyl sites for hydroxylation is 2. The molecule has 128 valence electrons. The third-order valence-corrected chi connectivity index (χ3v) is 5.13. The monoisotopic (exact) mass is 343 g/mol. The van der Waals surface area contributed by atoms with E-state index in [1.807, 2.05) is 18.2 Å². The molecule has 0 unspecified atom stereocenters. The summed E-state index contributed by atoms with van der Waals surface area (Å²) in [7, 11) is 0.